The molecule has 1 aromatic heterocycles. The van der Waals surface area contributed by atoms with Crippen molar-refractivity contribution in [2.75, 3.05) is 12.3 Å². The third-order valence-corrected chi connectivity index (χ3v) is 2.39. The zero-order valence-electron chi connectivity index (χ0n) is 7.54. The first-order valence-electron chi connectivity index (χ1n) is 4.23. The van der Waals surface area contributed by atoms with Crippen LogP contribution in [0.1, 0.15) is 29.4 Å². The fourth-order valence-corrected chi connectivity index (χ4v) is 1.46. The van der Waals surface area contributed by atoms with Crippen molar-refractivity contribution in [1.82, 2.24) is 10.3 Å². The number of carbonyl (C=O) groups excluding carboxylic acids is 1. The van der Waals surface area contributed by atoms with Crippen molar-refractivity contribution in [1.29, 1.82) is 0 Å². The molecule has 4 nitrogen and oxygen atoms in total. The maximum Gasteiger partial charge on any atom is 0.263 e. The molecule has 1 heterocycles. The highest BCUT2D eigenvalue weighted by molar-refractivity contribution is 7.17. The van der Waals surface area contributed by atoms with E-state index < -0.39 is 0 Å². The molecule has 13 heavy (non-hydrogen) atoms. The van der Waals surface area contributed by atoms with Gasteiger partial charge in [-0.1, -0.05) is 24.7 Å². The lowest BCUT2D eigenvalue weighted by Crippen LogP contribution is -2.23. The number of hydrogen-bond donors (Lipinski definition) is 2. The molecule has 3 N–H and O–H groups in total. The highest BCUT2D eigenvalue weighted by atomic mass is 32.1. The highest BCUT2D eigenvalue weighted by Crippen LogP contribution is 2.13. The van der Waals surface area contributed by atoms with E-state index in [-0.39, 0.29) is 5.91 Å². The first-order valence-corrected chi connectivity index (χ1v) is 5.05. The summed E-state index contributed by atoms with van der Waals surface area (Å²) >= 11 is 1.21. The number of nitrogen functional groups attached to an aromatic ring is 1. The molecule has 0 fully saturated rings. The third kappa shape index (κ3) is 3.02. The maximum absolute atomic E-state index is 11.3. The topological polar surface area (TPSA) is 68.0 Å². The number of rotatable bonds is 4. The van der Waals surface area contributed by atoms with Gasteiger partial charge in [-0.25, -0.2) is 4.98 Å². The van der Waals surface area contributed by atoms with Crippen molar-refractivity contribution in [3.8, 4) is 0 Å². The van der Waals surface area contributed by atoms with Gasteiger partial charge >= 0.3 is 0 Å². The van der Waals surface area contributed by atoms with Gasteiger partial charge in [0, 0.05) is 6.54 Å². The lowest BCUT2D eigenvalue weighted by atomic mass is 10.3. The standard InChI is InChI=1S/C8H13N3OS/c1-2-3-4-10-7(12)6-5-11-8(9)13-6/h5H,2-4H2,1H3,(H2,9,11)(H,10,12). The normalized spacial score (nSPS) is 9.92. The Bertz CT molecular complexity index is 285. The van der Waals surface area contributed by atoms with Crippen LogP contribution in [0.5, 0.6) is 0 Å². The van der Waals surface area contributed by atoms with Gasteiger partial charge in [0.2, 0.25) is 0 Å². The van der Waals surface area contributed by atoms with E-state index in [1.165, 1.54) is 17.5 Å². The van der Waals surface area contributed by atoms with Crippen LogP contribution in [-0.2, 0) is 0 Å². The molecule has 0 aliphatic rings. The van der Waals surface area contributed by atoms with Crippen LogP contribution in [-0.4, -0.2) is 17.4 Å². The summed E-state index contributed by atoms with van der Waals surface area (Å²) in [6.07, 6.45) is 3.58. The molecule has 0 spiro atoms. The number of amides is 1. The molecular weight excluding hydrogens is 186 g/mol. The molecule has 0 aliphatic carbocycles. The van der Waals surface area contributed by atoms with E-state index in [1.807, 2.05) is 0 Å². The quantitative estimate of drug-likeness (QED) is 0.717. The summed E-state index contributed by atoms with van der Waals surface area (Å²) in [5, 5.41) is 3.22. The number of nitrogens with one attached hydrogen (secondary N) is 1. The maximum atomic E-state index is 11.3. The Kier molecular flexibility index (Phi) is 3.70. The molecule has 1 amide bonds. The Balaban J connectivity index is 2.40. The minimum atomic E-state index is -0.0809. The lowest BCUT2D eigenvalue weighted by Gasteiger charge is -1.99. The number of unbranched alkanes of at least 4 members (excludes halogenated alkanes) is 1. The number of nitrogens with zero attached hydrogens (tertiary/aromatic N) is 1. The number of aromatic nitrogens is 1. The summed E-state index contributed by atoms with van der Waals surface area (Å²) in [7, 11) is 0. The van der Waals surface area contributed by atoms with Gasteiger partial charge in [0.25, 0.3) is 5.91 Å². The van der Waals surface area contributed by atoms with Gasteiger partial charge in [-0.3, -0.25) is 4.79 Å². The molecule has 0 unspecified atom stereocenters. The van der Waals surface area contributed by atoms with Gasteiger partial charge in [-0.05, 0) is 6.42 Å². The SMILES string of the molecule is CCCCNC(=O)c1cnc(N)s1. The fraction of sp³-hybridized carbons (Fsp3) is 0.500. The number of hydrogen-bond acceptors (Lipinski definition) is 4. The molecule has 1 rings (SSSR count). The molecule has 0 saturated heterocycles. The van der Waals surface area contributed by atoms with Crippen LogP contribution in [0.3, 0.4) is 0 Å². The van der Waals surface area contributed by atoms with Gasteiger partial charge < -0.3 is 11.1 Å². The summed E-state index contributed by atoms with van der Waals surface area (Å²) in [6.45, 7) is 2.80. The Morgan fingerprint density at radius 2 is 2.54 bits per heavy atom. The van der Waals surface area contributed by atoms with Crippen LogP contribution in [0.2, 0.25) is 0 Å². The predicted molar refractivity (Wildman–Crippen MR) is 53.8 cm³/mol. The molecule has 5 heteroatoms. The Morgan fingerprint density at radius 1 is 1.77 bits per heavy atom. The third-order valence-electron chi connectivity index (χ3n) is 1.56. The van der Waals surface area contributed by atoms with Gasteiger partial charge in [0.1, 0.15) is 4.88 Å². The van der Waals surface area contributed by atoms with E-state index in [9.17, 15) is 4.79 Å². The Labute approximate surface area is 81.2 Å². The Morgan fingerprint density at radius 3 is 3.08 bits per heavy atom. The molecule has 0 aliphatic heterocycles. The van der Waals surface area contributed by atoms with Crippen LogP contribution < -0.4 is 11.1 Å². The van der Waals surface area contributed by atoms with Gasteiger partial charge in [-0.2, -0.15) is 0 Å². The molecule has 0 atom stereocenters. The summed E-state index contributed by atoms with van der Waals surface area (Å²) in [4.78, 5) is 15.7. The second-order valence-corrected chi connectivity index (χ2v) is 3.73. The van der Waals surface area contributed by atoms with Crippen molar-refractivity contribution >= 4 is 22.4 Å². The second-order valence-electron chi connectivity index (χ2n) is 2.67. The Hall–Kier alpha value is -1.10. The molecular formula is C8H13N3OS. The van der Waals surface area contributed by atoms with E-state index >= 15 is 0 Å². The average Bonchev–Trinajstić information content (AvgIpc) is 2.52. The van der Waals surface area contributed by atoms with Crippen molar-refractivity contribution in [3.05, 3.63) is 11.1 Å². The minimum Gasteiger partial charge on any atom is -0.375 e. The minimum absolute atomic E-state index is 0.0809. The summed E-state index contributed by atoms with van der Waals surface area (Å²) in [6, 6.07) is 0. The zero-order chi connectivity index (χ0) is 9.68. The van der Waals surface area contributed by atoms with Crippen LogP contribution in [0.25, 0.3) is 0 Å². The van der Waals surface area contributed by atoms with E-state index in [1.54, 1.807) is 0 Å². The van der Waals surface area contributed by atoms with E-state index in [2.05, 4.69) is 17.2 Å². The molecule has 0 saturated carbocycles. The van der Waals surface area contributed by atoms with Crippen molar-refractivity contribution < 1.29 is 4.79 Å². The van der Waals surface area contributed by atoms with Gasteiger partial charge in [0.05, 0.1) is 6.20 Å². The van der Waals surface area contributed by atoms with E-state index in [0.29, 0.717) is 16.6 Å². The number of nitrogens with two attached hydrogens (primary N) is 1. The van der Waals surface area contributed by atoms with E-state index in [0.717, 1.165) is 12.8 Å². The number of thiazole rings is 1. The highest BCUT2D eigenvalue weighted by Gasteiger charge is 2.07. The van der Waals surface area contributed by atoms with Crippen molar-refractivity contribution in [3.63, 3.8) is 0 Å². The van der Waals surface area contributed by atoms with Crippen LogP contribution >= 0.6 is 11.3 Å². The second kappa shape index (κ2) is 4.81. The van der Waals surface area contributed by atoms with Crippen LogP contribution in [0.15, 0.2) is 6.20 Å². The first kappa shape index (κ1) is 9.98. The molecule has 72 valence electrons. The molecule has 0 bridgehead atoms. The fourth-order valence-electron chi connectivity index (χ4n) is 0.858. The van der Waals surface area contributed by atoms with Gasteiger partial charge in [0.15, 0.2) is 5.13 Å². The largest absolute Gasteiger partial charge is 0.375 e. The first-order chi connectivity index (χ1) is 6.24. The lowest BCUT2D eigenvalue weighted by molar-refractivity contribution is 0.0957. The number of carbonyl (C=O) groups is 1. The van der Waals surface area contributed by atoms with Crippen LogP contribution in [0, 0.1) is 0 Å². The summed E-state index contributed by atoms with van der Waals surface area (Å²) in [5.74, 6) is -0.0809. The van der Waals surface area contributed by atoms with Gasteiger partial charge in [-0.15, -0.1) is 0 Å². The van der Waals surface area contributed by atoms with Crippen molar-refractivity contribution in [2.24, 2.45) is 0 Å². The summed E-state index contributed by atoms with van der Waals surface area (Å²) < 4.78 is 0. The summed E-state index contributed by atoms with van der Waals surface area (Å²) in [5.41, 5.74) is 5.40. The smallest absolute Gasteiger partial charge is 0.263 e. The molecule has 0 aromatic carbocycles. The predicted octanol–water partition coefficient (Wildman–Crippen LogP) is 1.26. The average molecular weight is 199 g/mol. The number of anilines is 1. The molecule has 1 aromatic rings. The molecule has 0 radical (unpaired) electrons. The van der Waals surface area contributed by atoms with Crippen molar-refractivity contribution in [2.45, 2.75) is 19.8 Å². The zero-order valence-corrected chi connectivity index (χ0v) is 8.36. The van der Waals surface area contributed by atoms with Crippen LogP contribution in [0.4, 0.5) is 5.13 Å². The van der Waals surface area contributed by atoms with E-state index in [4.69, 9.17) is 5.73 Å². The monoisotopic (exact) mass is 199 g/mol.